The number of anilines is 1. The van der Waals surface area contributed by atoms with Gasteiger partial charge in [-0.15, -0.1) is 11.3 Å². The van der Waals surface area contributed by atoms with Crippen LogP contribution < -0.4 is 5.32 Å². The summed E-state index contributed by atoms with van der Waals surface area (Å²) in [6, 6.07) is 7.39. The van der Waals surface area contributed by atoms with E-state index in [-0.39, 0.29) is 11.5 Å². The zero-order valence-corrected chi connectivity index (χ0v) is 14.8. The van der Waals surface area contributed by atoms with Gasteiger partial charge in [-0.3, -0.25) is 4.79 Å². The molecule has 1 heterocycles. The van der Waals surface area contributed by atoms with E-state index in [1.54, 1.807) is 26.2 Å². The number of hydrogen-bond acceptors (Lipinski definition) is 3. The van der Waals surface area contributed by atoms with Crippen LogP contribution in [0.1, 0.15) is 31.1 Å². The highest BCUT2D eigenvalue weighted by atomic mass is 79.9. The molecular weight excluding hydrogens is 366 g/mol. The van der Waals surface area contributed by atoms with E-state index in [1.807, 2.05) is 24.3 Å². The lowest BCUT2D eigenvalue weighted by Crippen LogP contribution is -2.27. The van der Waals surface area contributed by atoms with Crippen molar-refractivity contribution >= 4 is 44.1 Å². The first-order chi connectivity index (χ1) is 10.2. The second-order valence-electron chi connectivity index (χ2n) is 5.87. The number of benzene rings is 1. The fourth-order valence-corrected chi connectivity index (χ4v) is 3.02. The molecule has 2 rings (SSSR count). The minimum Gasteiger partial charge on any atom is -0.478 e. The SMILES string of the molecule is CC(C)(C)C(=O)Nc1scc(-c2ccc(Br)cc2)c1C(=O)O. The first-order valence-electron chi connectivity index (χ1n) is 6.62. The van der Waals surface area contributed by atoms with Crippen LogP contribution in [-0.4, -0.2) is 17.0 Å². The number of amides is 1. The van der Waals surface area contributed by atoms with Gasteiger partial charge in [-0.05, 0) is 17.7 Å². The summed E-state index contributed by atoms with van der Waals surface area (Å²) in [6.45, 7) is 5.35. The van der Waals surface area contributed by atoms with Gasteiger partial charge < -0.3 is 10.4 Å². The highest BCUT2D eigenvalue weighted by Crippen LogP contribution is 2.36. The molecule has 0 fully saturated rings. The molecular formula is C16H16BrNO3S. The molecule has 2 N–H and O–H groups in total. The van der Waals surface area contributed by atoms with E-state index in [9.17, 15) is 14.7 Å². The summed E-state index contributed by atoms with van der Waals surface area (Å²) in [4.78, 5) is 23.7. The molecule has 4 nitrogen and oxygen atoms in total. The summed E-state index contributed by atoms with van der Waals surface area (Å²) in [7, 11) is 0. The Balaban J connectivity index is 2.44. The van der Waals surface area contributed by atoms with Crippen molar-refractivity contribution in [3.8, 4) is 11.1 Å². The van der Waals surface area contributed by atoms with E-state index in [4.69, 9.17) is 0 Å². The van der Waals surface area contributed by atoms with Gasteiger partial charge in [0.05, 0.1) is 0 Å². The highest BCUT2D eigenvalue weighted by Gasteiger charge is 2.26. The lowest BCUT2D eigenvalue weighted by atomic mass is 9.95. The quantitative estimate of drug-likeness (QED) is 0.797. The Labute approximate surface area is 141 Å². The van der Waals surface area contributed by atoms with Crippen LogP contribution in [0.25, 0.3) is 11.1 Å². The van der Waals surface area contributed by atoms with Crippen molar-refractivity contribution < 1.29 is 14.7 Å². The molecule has 0 unspecified atom stereocenters. The number of hydrogen-bond donors (Lipinski definition) is 2. The number of rotatable bonds is 3. The molecule has 0 aliphatic carbocycles. The van der Waals surface area contributed by atoms with E-state index in [2.05, 4.69) is 21.2 Å². The molecule has 6 heteroatoms. The third kappa shape index (κ3) is 3.56. The molecule has 0 bridgehead atoms. The van der Waals surface area contributed by atoms with E-state index in [0.29, 0.717) is 10.6 Å². The van der Waals surface area contributed by atoms with E-state index < -0.39 is 11.4 Å². The van der Waals surface area contributed by atoms with Crippen LogP contribution >= 0.6 is 27.3 Å². The van der Waals surface area contributed by atoms with Gasteiger partial charge in [-0.1, -0.05) is 48.8 Å². The number of carbonyl (C=O) groups is 2. The molecule has 0 saturated carbocycles. The van der Waals surface area contributed by atoms with E-state index >= 15 is 0 Å². The fourth-order valence-electron chi connectivity index (χ4n) is 1.79. The Bertz CT molecular complexity index is 714. The lowest BCUT2D eigenvalue weighted by molar-refractivity contribution is -0.123. The van der Waals surface area contributed by atoms with Crippen LogP contribution in [0.15, 0.2) is 34.1 Å². The average molecular weight is 382 g/mol. The summed E-state index contributed by atoms with van der Waals surface area (Å²) in [6.07, 6.45) is 0. The Morgan fingerprint density at radius 2 is 1.77 bits per heavy atom. The first kappa shape index (κ1) is 16.7. The summed E-state index contributed by atoms with van der Waals surface area (Å²) in [5.41, 5.74) is 0.949. The Morgan fingerprint density at radius 3 is 2.27 bits per heavy atom. The van der Waals surface area contributed by atoms with Gasteiger partial charge in [0, 0.05) is 20.8 Å². The topological polar surface area (TPSA) is 66.4 Å². The Morgan fingerprint density at radius 1 is 1.18 bits per heavy atom. The van der Waals surface area contributed by atoms with Crippen LogP contribution in [0.5, 0.6) is 0 Å². The molecule has 1 aromatic heterocycles. The number of aromatic carboxylic acids is 1. The number of halogens is 1. The van der Waals surface area contributed by atoms with Crippen LogP contribution in [0.4, 0.5) is 5.00 Å². The number of carboxylic acids is 1. The predicted octanol–water partition coefficient (Wildman–Crippen LogP) is 4.86. The first-order valence-corrected chi connectivity index (χ1v) is 8.29. The van der Waals surface area contributed by atoms with Gasteiger partial charge in [-0.2, -0.15) is 0 Å². The molecule has 1 amide bonds. The maximum Gasteiger partial charge on any atom is 0.339 e. The maximum absolute atomic E-state index is 12.1. The van der Waals surface area contributed by atoms with Crippen molar-refractivity contribution in [1.29, 1.82) is 0 Å². The van der Waals surface area contributed by atoms with Gasteiger partial charge in [-0.25, -0.2) is 4.79 Å². The van der Waals surface area contributed by atoms with Crippen molar-refractivity contribution in [1.82, 2.24) is 0 Å². The highest BCUT2D eigenvalue weighted by molar-refractivity contribution is 9.10. The second-order valence-corrected chi connectivity index (χ2v) is 7.66. The standard InChI is InChI=1S/C16H16BrNO3S/c1-16(2,3)15(21)18-13-12(14(19)20)11(8-22-13)9-4-6-10(17)7-5-9/h4-8H,1-3H3,(H,18,21)(H,19,20). The minimum atomic E-state index is -1.05. The third-order valence-electron chi connectivity index (χ3n) is 3.07. The summed E-state index contributed by atoms with van der Waals surface area (Å²) >= 11 is 4.58. The number of thiophene rings is 1. The van der Waals surface area contributed by atoms with Crippen LogP contribution in [-0.2, 0) is 4.79 Å². The van der Waals surface area contributed by atoms with Crippen molar-refractivity contribution in [3.63, 3.8) is 0 Å². The molecule has 0 spiro atoms. The molecule has 1 aromatic carbocycles. The predicted molar refractivity (Wildman–Crippen MR) is 92.5 cm³/mol. The van der Waals surface area contributed by atoms with Gasteiger partial charge in [0.1, 0.15) is 10.6 Å². The zero-order valence-electron chi connectivity index (χ0n) is 12.4. The summed E-state index contributed by atoms with van der Waals surface area (Å²) in [5.74, 6) is -1.26. The minimum absolute atomic E-state index is 0.130. The molecule has 0 aliphatic rings. The zero-order chi connectivity index (χ0) is 16.5. The summed E-state index contributed by atoms with van der Waals surface area (Å²) < 4.78 is 0.921. The Kier molecular flexibility index (Phi) is 4.72. The second kappa shape index (κ2) is 6.22. The van der Waals surface area contributed by atoms with Gasteiger partial charge >= 0.3 is 5.97 Å². The number of carboxylic acid groups (broad SMARTS) is 1. The molecule has 0 radical (unpaired) electrons. The maximum atomic E-state index is 12.1. The van der Waals surface area contributed by atoms with Gasteiger partial charge in [0.25, 0.3) is 0 Å². The number of carbonyl (C=O) groups excluding carboxylic acids is 1. The van der Waals surface area contributed by atoms with Crippen molar-refractivity contribution in [3.05, 3.63) is 39.7 Å². The smallest absolute Gasteiger partial charge is 0.339 e. The average Bonchev–Trinajstić information content (AvgIpc) is 2.82. The van der Waals surface area contributed by atoms with Crippen molar-refractivity contribution in [2.75, 3.05) is 5.32 Å². The third-order valence-corrected chi connectivity index (χ3v) is 4.49. The van der Waals surface area contributed by atoms with Crippen molar-refractivity contribution in [2.24, 2.45) is 5.41 Å². The van der Waals surface area contributed by atoms with Gasteiger partial charge in [0.15, 0.2) is 0 Å². The molecule has 0 saturated heterocycles. The van der Waals surface area contributed by atoms with Crippen LogP contribution in [0.2, 0.25) is 0 Å². The van der Waals surface area contributed by atoms with Crippen LogP contribution in [0, 0.1) is 5.41 Å². The normalized spacial score (nSPS) is 11.3. The Hall–Kier alpha value is -1.66. The van der Waals surface area contributed by atoms with Crippen LogP contribution in [0.3, 0.4) is 0 Å². The summed E-state index contributed by atoms with van der Waals surface area (Å²) in [5, 5.41) is 14.4. The van der Waals surface area contributed by atoms with E-state index in [1.165, 1.54) is 11.3 Å². The molecule has 116 valence electrons. The fraction of sp³-hybridized carbons (Fsp3) is 0.250. The van der Waals surface area contributed by atoms with E-state index in [0.717, 1.165) is 10.0 Å². The lowest BCUT2D eigenvalue weighted by Gasteiger charge is -2.17. The molecule has 0 aliphatic heterocycles. The molecule has 22 heavy (non-hydrogen) atoms. The monoisotopic (exact) mass is 381 g/mol. The molecule has 0 atom stereocenters. The molecule has 2 aromatic rings. The largest absolute Gasteiger partial charge is 0.478 e. The number of nitrogens with one attached hydrogen (secondary N) is 1. The van der Waals surface area contributed by atoms with Crippen molar-refractivity contribution in [2.45, 2.75) is 20.8 Å². The van der Waals surface area contributed by atoms with Gasteiger partial charge in [0.2, 0.25) is 5.91 Å².